The number of amides is 2. The predicted octanol–water partition coefficient (Wildman–Crippen LogP) is 4.69. The van der Waals surface area contributed by atoms with Crippen LogP contribution < -0.4 is 19.9 Å². The van der Waals surface area contributed by atoms with Gasteiger partial charge in [-0.3, -0.25) is 9.59 Å². The number of halogens is 1. The summed E-state index contributed by atoms with van der Waals surface area (Å²) in [5.41, 5.74) is 2.80. The van der Waals surface area contributed by atoms with Crippen molar-refractivity contribution in [3.63, 3.8) is 0 Å². The summed E-state index contributed by atoms with van der Waals surface area (Å²) >= 11 is 0. The molecule has 3 aromatic rings. The maximum Gasteiger partial charge on any atom is 0.282 e. The molecule has 0 radical (unpaired) electrons. The van der Waals surface area contributed by atoms with Crippen molar-refractivity contribution < 1.29 is 18.7 Å². The lowest BCUT2D eigenvalue weighted by atomic mass is 10.0. The van der Waals surface area contributed by atoms with Crippen molar-refractivity contribution >= 4 is 34.4 Å². The first kappa shape index (κ1) is 22.1. The van der Waals surface area contributed by atoms with E-state index in [0.717, 1.165) is 10.6 Å². The van der Waals surface area contributed by atoms with E-state index in [9.17, 15) is 14.0 Å². The Hall–Kier alpha value is -4.13. The lowest BCUT2D eigenvalue weighted by Gasteiger charge is -2.18. The highest BCUT2D eigenvalue weighted by molar-refractivity contribution is 6.46. The van der Waals surface area contributed by atoms with Gasteiger partial charge >= 0.3 is 0 Å². The van der Waals surface area contributed by atoms with E-state index in [1.165, 1.54) is 24.3 Å². The van der Waals surface area contributed by atoms with Crippen LogP contribution in [0.3, 0.4) is 0 Å². The van der Waals surface area contributed by atoms with Crippen LogP contribution >= 0.6 is 0 Å². The number of nitrogens with one attached hydrogen (secondary N) is 1. The molecule has 1 heterocycles. The summed E-state index contributed by atoms with van der Waals surface area (Å²) in [5, 5.41) is 3.09. The van der Waals surface area contributed by atoms with Crippen LogP contribution in [0.4, 0.5) is 21.5 Å². The van der Waals surface area contributed by atoms with Gasteiger partial charge in [0.25, 0.3) is 11.8 Å². The second-order valence-corrected chi connectivity index (χ2v) is 7.70. The van der Waals surface area contributed by atoms with Crippen molar-refractivity contribution in [3.8, 4) is 5.75 Å². The van der Waals surface area contributed by atoms with E-state index in [1.54, 1.807) is 36.4 Å². The summed E-state index contributed by atoms with van der Waals surface area (Å²) in [5.74, 6) is -0.677. The number of anilines is 3. The SMILES string of the molecule is CCOc1ccc(NC2=C(c3ccc(F)cc3)C(=O)N(c3ccc(N(C)C)cc3)C2=O)cc1. The van der Waals surface area contributed by atoms with Gasteiger partial charge in [-0.2, -0.15) is 0 Å². The molecule has 0 atom stereocenters. The van der Waals surface area contributed by atoms with Crippen molar-refractivity contribution in [2.75, 3.05) is 35.8 Å². The Morgan fingerprint density at radius 3 is 2.09 bits per heavy atom. The molecule has 1 N–H and O–H groups in total. The van der Waals surface area contributed by atoms with Gasteiger partial charge < -0.3 is 15.0 Å². The fraction of sp³-hybridized carbons (Fsp3) is 0.154. The minimum atomic E-state index is -0.481. The number of carbonyl (C=O) groups is 2. The lowest BCUT2D eigenvalue weighted by Crippen LogP contribution is -2.32. The standard InChI is InChI=1S/C26H24FN3O3/c1-4-33-22-15-9-19(10-16-22)28-24-23(17-5-7-18(27)8-6-17)25(31)30(26(24)32)21-13-11-20(12-14-21)29(2)3/h5-16,28H,4H2,1-3H3. The quantitative estimate of drug-likeness (QED) is 0.535. The van der Waals surface area contributed by atoms with E-state index < -0.39 is 17.6 Å². The van der Waals surface area contributed by atoms with Gasteiger partial charge in [-0.25, -0.2) is 9.29 Å². The van der Waals surface area contributed by atoms with Crippen LogP contribution in [0.15, 0.2) is 78.5 Å². The molecule has 1 aliphatic heterocycles. The summed E-state index contributed by atoms with van der Waals surface area (Å²) in [6.07, 6.45) is 0. The van der Waals surface area contributed by atoms with Crippen LogP contribution in [0.2, 0.25) is 0 Å². The summed E-state index contributed by atoms with van der Waals surface area (Å²) in [6, 6.07) is 19.8. The van der Waals surface area contributed by atoms with Gasteiger partial charge in [0.05, 0.1) is 17.9 Å². The van der Waals surface area contributed by atoms with E-state index >= 15 is 0 Å². The van der Waals surface area contributed by atoms with Gasteiger partial charge in [-0.15, -0.1) is 0 Å². The Morgan fingerprint density at radius 2 is 1.52 bits per heavy atom. The molecule has 0 saturated heterocycles. The molecule has 1 aliphatic rings. The Kier molecular flexibility index (Phi) is 6.13. The van der Waals surface area contributed by atoms with Crippen molar-refractivity contribution in [2.24, 2.45) is 0 Å². The highest BCUT2D eigenvalue weighted by Crippen LogP contribution is 2.34. The maximum absolute atomic E-state index is 13.5. The van der Waals surface area contributed by atoms with Crippen LogP contribution in [0.5, 0.6) is 5.75 Å². The Balaban J connectivity index is 1.73. The molecular weight excluding hydrogens is 421 g/mol. The molecule has 0 saturated carbocycles. The van der Waals surface area contributed by atoms with Gasteiger partial charge in [-0.1, -0.05) is 12.1 Å². The van der Waals surface area contributed by atoms with Crippen LogP contribution in [-0.2, 0) is 9.59 Å². The third kappa shape index (κ3) is 4.43. The monoisotopic (exact) mass is 445 g/mol. The molecule has 0 unspecified atom stereocenters. The molecule has 0 aromatic heterocycles. The van der Waals surface area contributed by atoms with Crippen LogP contribution in [0.25, 0.3) is 5.57 Å². The number of carbonyl (C=O) groups excluding carboxylic acids is 2. The molecule has 2 amide bonds. The molecule has 7 heteroatoms. The van der Waals surface area contributed by atoms with E-state index in [1.807, 2.05) is 38.1 Å². The largest absolute Gasteiger partial charge is 0.494 e. The minimum absolute atomic E-state index is 0.132. The van der Waals surface area contributed by atoms with Crippen molar-refractivity contribution in [2.45, 2.75) is 6.92 Å². The molecule has 0 spiro atoms. The Morgan fingerprint density at radius 1 is 0.879 bits per heavy atom. The fourth-order valence-electron chi connectivity index (χ4n) is 3.61. The number of rotatable bonds is 7. The van der Waals surface area contributed by atoms with Crippen molar-refractivity contribution in [3.05, 3.63) is 89.9 Å². The molecule has 3 aromatic carbocycles. The van der Waals surface area contributed by atoms with Crippen LogP contribution in [0.1, 0.15) is 12.5 Å². The van der Waals surface area contributed by atoms with E-state index in [2.05, 4.69) is 5.32 Å². The van der Waals surface area contributed by atoms with Gasteiger partial charge in [0, 0.05) is 25.5 Å². The average Bonchev–Trinajstić information content (AvgIpc) is 3.05. The van der Waals surface area contributed by atoms with E-state index in [4.69, 9.17) is 4.74 Å². The van der Waals surface area contributed by atoms with Gasteiger partial charge in [0.15, 0.2) is 0 Å². The normalized spacial score (nSPS) is 13.5. The molecule has 168 valence electrons. The molecule has 0 aliphatic carbocycles. The van der Waals surface area contributed by atoms with E-state index in [-0.39, 0.29) is 11.3 Å². The predicted molar refractivity (Wildman–Crippen MR) is 128 cm³/mol. The second-order valence-electron chi connectivity index (χ2n) is 7.70. The summed E-state index contributed by atoms with van der Waals surface area (Å²) < 4.78 is 19.0. The minimum Gasteiger partial charge on any atom is -0.494 e. The second kappa shape index (κ2) is 9.16. The van der Waals surface area contributed by atoms with Crippen molar-refractivity contribution in [1.29, 1.82) is 0 Å². The van der Waals surface area contributed by atoms with Crippen LogP contribution in [-0.4, -0.2) is 32.5 Å². The zero-order valence-corrected chi connectivity index (χ0v) is 18.6. The topological polar surface area (TPSA) is 61.9 Å². The first-order chi connectivity index (χ1) is 15.9. The van der Waals surface area contributed by atoms with Gasteiger partial charge in [0.1, 0.15) is 17.3 Å². The Labute approximate surface area is 191 Å². The number of hydrogen-bond acceptors (Lipinski definition) is 5. The third-order valence-electron chi connectivity index (χ3n) is 5.28. The highest BCUT2D eigenvalue weighted by Gasteiger charge is 2.40. The third-order valence-corrected chi connectivity index (χ3v) is 5.28. The molecule has 0 bridgehead atoms. The van der Waals surface area contributed by atoms with E-state index in [0.29, 0.717) is 29.3 Å². The molecule has 4 rings (SSSR count). The maximum atomic E-state index is 13.5. The van der Waals surface area contributed by atoms with Gasteiger partial charge in [-0.05, 0) is 73.2 Å². The molecular formula is C26H24FN3O3. The lowest BCUT2D eigenvalue weighted by molar-refractivity contribution is -0.120. The zero-order valence-electron chi connectivity index (χ0n) is 18.6. The van der Waals surface area contributed by atoms with Crippen molar-refractivity contribution in [1.82, 2.24) is 0 Å². The summed E-state index contributed by atoms with van der Waals surface area (Å²) in [6.45, 7) is 2.44. The number of benzene rings is 3. The first-order valence-electron chi connectivity index (χ1n) is 10.6. The van der Waals surface area contributed by atoms with Crippen LogP contribution in [0, 0.1) is 5.82 Å². The summed E-state index contributed by atoms with van der Waals surface area (Å²) in [7, 11) is 3.82. The number of ether oxygens (including phenoxy) is 1. The summed E-state index contributed by atoms with van der Waals surface area (Å²) in [4.78, 5) is 29.9. The zero-order chi connectivity index (χ0) is 23.5. The van der Waals surface area contributed by atoms with Gasteiger partial charge in [0.2, 0.25) is 0 Å². The molecule has 0 fully saturated rings. The number of hydrogen-bond donors (Lipinski definition) is 1. The average molecular weight is 445 g/mol. The highest BCUT2D eigenvalue weighted by atomic mass is 19.1. The first-order valence-corrected chi connectivity index (χ1v) is 10.6. The number of nitrogens with zero attached hydrogens (tertiary/aromatic N) is 2. The molecule has 6 nitrogen and oxygen atoms in total. The smallest absolute Gasteiger partial charge is 0.282 e. The molecule has 33 heavy (non-hydrogen) atoms. The Bertz CT molecular complexity index is 1200. The fourth-order valence-corrected chi connectivity index (χ4v) is 3.61. The number of imide groups is 1.